The highest BCUT2D eigenvalue weighted by Gasteiger charge is 2.15. The van der Waals surface area contributed by atoms with Crippen LogP contribution in [0.15, 0.2) is 47.4 Å². The van der Waals surface area contributed by atoms with Gasteiger partial charge in [-0.2, -0.15) is 14.9 Å². The summed E-state index contributed by atoms with van der Waals surface area (Å²) in [5.41, 5.74) is 1.97. The molecule has 0 aliphatic carbocycles. The molecular weight excluding hydrogens is 370 g/mol. The number of aromatic nitrogens is 6. The van der Waals surface area contributed by atoms with E-state index in [-0.39, 0.29) is 12.1 Å². The number of amides is 1. The molecule has 3 aromatic heterocycles. The molecule has 0 saturated carbocycles. The number of anilines is 1. The molecule has 0 atom stereocenters. The normalized spacial score (nSPS) is 11.0. The zero-order valence-electron chi connectivity index (χ0n) is 16.2. The number of carbonyl (C=O) groups is 1. The first-order valence-electron chi connectivity index (χ1n) is 9.05. The molecule has 0 unspecified atom stereocenters. The minimum Gasteiger partial charge on any atom is -0.309 e. The zero-order valence-corrected chi connectivity index (χ0v) is 16.2. The molecule has 0 aliphatic rings. The second kappa shape index (κ2) is 7.27. The Bertz CT molecular complexity index is 1270. The molecule has 9 heteroatoms. The minimum atomic E-state index is -0.402. The summed E-state index contributed by atoms with van der Waals surface area (Å²) in [7, 11) is 0. The van der Waals surface area contributed by atoms with Crippen molar-refractivity contribution in [2.45, 2.75) is 27.3 Å². The first-order chi connectivity index (χ1) is 13.9. The highest BCUT2D eigenvalue weighted by molar-refractivity contribution is 5.90. The van der Waals surface area contributed by atoms with Gasteiger partial charge < -0.3 is 5.32 Å². The van der Waals surface area contributed by atoms with Crippen molar-refractivity contribution in [2.24, 2.45) is 0 Å². The molecule has 29 heavy (non-hydrogen) atoms. The number of benzene rings is 1. The average Bonchev–Trinajstić information content (AvgIpc) is 3.03. The predicted octanol–water partition coefficient (Wildman–Crippen LogP) is 1.94. The molecule has 146 valence electrons. The van der Waals surface area contributed by atoms with Gasteiger partial charge >= 0.3 is 0 Å². The summed E-state index contributed by atoms with van der Waals surface area (Å²) in [6.45, 7) is 5.32. The summed E-state index contributed by atoms with van der Waals surface area (Å²) < 4.78 is 2.61. The second-order valence-corrected chi connectivity index (χ2v) is 6.78. The topological polar surface area (TPSA) is 108 Å². The molecule has 0 bridgehead atoms. The minimum absolute atomic E-state index is 0.221. The number of rotatable bonds is 4. The lowest BCUT2D eigenvalue weighted by atomic mass is 10.2. The van der Waals surface area contributed by atoms with Crippen LogP contribution in [0, 0.1) is 20.8 Å². The zero-order chi connectivity index (χ0) is 20.5. The first kappa shape index (κ1) is 18.5. The van der Waals surface area contributed by atoms with Crippen molar-refractivity contribution in [3.05, 3.63) is 70.0 Å². The molecule has 9 nitrogen and oxygen atoms in total. The maximum atomic E-state index is 12.6. The number of aryl methyl sites for hydroxylation is 3. The van der Waals surface area contributed by atoms with Gasteiger partial charge in [0.25, 0.3) is 11.5 Å². The van der Waals surface area contributed by atoms with Crippen LogP contribution >= 0.6 is 0 Å². The standard InChI is InChI=1S/C20H19N7O2/c1-12-8-13(2)23-20(22-12)27-17(9-14(3)25-27)24-18(28)11-26-19(29)16-7-5-4-6-15(16)10-21-26/h4-10H,11H2,1-3H3,(H,24,28). The number of carbonyl (C=O) groups excluding carboxylic acids is 1. The van der Waals surface area contributed by atoms with Crippen LogP contribution in [0.4, 0.5) is 5.82 Å². The number of hydrogen-bond donors (Lipinski definition) is 1. The van der Waals surface area contributed by atoms with Crippen molar-refractivity contribution in [1.29, 1.82) is 0 Å². The van der Waals surface area contributed by atoms with E-state index in [1.54, 1.807) is 30.5 Å². The lowest BCUT2D eigenvalue weighted by Crippen LogP contribution is -2.30. The van der Waals surface area contributed by atoms with E-state index in [0.717, 1.165) is 21.5 Å². The summed E-state index contributed by atoms with van der Waals surface area (Å²) in [5.74, 6) is 0.388. The molecule has 1 N–H and O–H groups in total. The second-order valence-electron chi connectivity index (χ2n) is 6.78. The van der Waals surface area contributed by atoms with Crippen molar-refractivity contribution in [3.63, 3.8) is 0 Å². The van der Waals surface area contributed by atoms with Gasteiger partial charge in [0.1, 0.15) is 12.4 Å². The Hall–Kier alpha value is -3.88. The Labute approximate surface area is 166 Å². The van der Waals surface area contributed by atoms with Crippen LogP contribution in [-0.2, 0) is 11.3 Å². The Balaban J connectivity index is 1.61. The third-order valence-corrected chi connectivity index (χ3v) is 4.31. The van der Waals surface area contributed by atoms with Crippen LogP contribution < -0.4 is 10.9 Å². The van der Waals surface area contributed by atoms with Gasteiger partial charge in [-0.25, -0.2) is 14.6 Å². The van der Waals surface area contributed by atoms with E-state index in [0.29, 0.717) is 22.8 Å². The maximum absolute atomic E-state index is 12.6. The molecule has 1 aromatic carbocycles. The summed E-state index contributed by atoms with van der Waals surface area (Å²) in [6.07, 6.45) is 1.57. The van der Waals surface area contributed by atoms with Gasteiger partial charge in [0.15, 0.2) is 0 Å². The smallest absolute Gasteiger partial charge is 0.275 e. The Morgan fingerprint density at radius 2 is 1.76 bits per heavy atom. The largest absolute Gasteiger partial charge is 0.309 e. The molecule has 1 amide bonds. The molecule has 0 aliphatic heterocycles. The number of nitrogens with one attached hydrogen (secondary N) is 1. The Morgan fingerprint density at radius 3 is 2.52 bits per heavy atom. The summed E-state index contributed by atoms with van der Waals surface area (Å²) in [4.78, 5) is 33.9. The van der Waals surface area contributed by atoms with E-state index in [4.69, 9.17) is 0 Å². The SMILES string of the molecule is Cc1cc(C)nc(-n2nc(C)cc2NC(=O)Cn2ncc3ccccc3c2=O)n1. The quantitative estimate of drug-likeness (QED) is 0.571. The van der Waals surface area contributed by atoms with Gasteiger partial charge in [-0.05, 0) is 32.9 Å². The lowest BCUT2D eigenvalue weighted by molar-refractivity contribution is -0.117. The highest BCUT2D eigenvalue weighted by Crippen LogP contribution is 2.15. The molecule has 0 radical (unpaired) electrons. The van der Waals surface area contributed by atoms with Crippen LogP contribution in [0.5, 0.6) is 0 Å². The summed E-state index contributed by atoms with van der Waals surface area (Å²) in [6, 6.07) is 10.7. The third-order valence-electron chi connectivity index (χ3n) is 4.31. The first-order valence-corrected chi connectivity index (χ1v) is 9.05. The fourth-order valence-electron chi connectivity index (χ4n) is 3.10. The van der Waals surface area contributed by atoms with Crippen molar-refractivity contribution < 1.29 is 4.79 Å². The fourth-order valence-corrected chi connectivity index (χ4v) is 3.10. The van der Waals surface area contributed by atoms with Gasteiger partial charge in [-0.1, -0.05) is 18.2 Å². The van der Waals surface area contributed by atoms with Gasteiger partial charge in [0.2, 0.25) is 5.91 Å². The average molecular weight is 389 g/mol. The van der Waals surface area contributed by atoms with Crippen LogP contribution in [-0.4, -0.2) is 35.4 Å². The van der Waals surface area contributed by atoms with Crippen molar-refractivity contribution >= 4 is 22.5 Å². The Kier molecular flexibility index (Phi) is 4.63. The fraction of sp³-hybridized carbons (Fsp3) is 0.200. The van der Waals surface area contributed by atoms with Crippen LogP contribution in [0.2, 0.25) is 0 Å². The Morgan fingerprint density at radius 1 is 1.03 bits per heavy atom. The molecule has 4 aromatic rings. The van der Waals surface area contributed by atoms with Gasteiger partial charge in [0, 0.05) is 22.8 Å². The summed E-state index contributed by atoms with van der Waals surface area (Å²) in [5, 5.41) is 12.5. The van der Waals surface area contributed by atoms with Crippen molar-refractivity contribution in [3.8, 4) is 5.95 Å². The molecular formula is C20H19N7O2. The van der Waals surface area contributed by atoms with E-state index in [2.05, 4.69) is 25.5 Å². The van der Waals surface area contributed by atoms with Crippen LogP contribution in [0.3, 0.4) is 0 Å². The van der Waals surface area contributed by atoms with E-state index >= 15 is 0 Å². The molecule has 0 saturated heterocycles. The van der Waals surface area contributed by atoms with Crippen molar-refractivity contribution in [1.82, 2.24) is 29.5 Å². The number of fused-ring (bicyclic) bond motifs is 1. The molecule has 0 fully saturated rings. The van der Waals surface area contributed by atoms with Crippen molar-refractivity contribution in [2.75, 3.05) is 5.32 Å². The van der Waals surface area contributed by atoms with Gasteiger partial charge in [-0.3, -0.25) is 9.59 Å². The van der Waals surface area contributed by atoms with E-state index in [1.165, 1.54) is 4.68 Å². The van der Waals surface area contributed by atoms with Gasteiger partial charge in [-0.15, -0.1) is 0 Å². The molecule has 3 heterocycles. The van der Waals surface area contributed by atoms with Gasteiger partial charge in [0.05, 0.1) is 17.3 Å². The third kappa shape index (κ3) is 3.75. The van der Waals surface area contributed by atoms with Crippen LogP contribution in [0.1, 0.15) is 17.1 Å². The molecule has 0 spiro atoms. The lowest BCUT2D eigenvalue weighted by Gasteiger charge is -2.09. The number of hydrogen-bond acceptors (Lipinski definition) is 6. The van der Waals surface area contributed by atoms with E-state index in [9.17, 15) is 9.59 Å². The monoisotopic (exact) mass is 389 g/mol. The van der Waals surface area contributed by atoms with Crippen LogP contribution in [0.25, 0.3) is 16.7 Å². The number of nitrogens with zero attached hydrogens (tertiary/aromatic N) is 6. The van der Waals surface area contributed by atoms with E-state index < -0.39 is 5.91 Å². The van der Waals surface area contributed by atoms with E-state index in [1.807, 2.05) is 32.9 Å². The highest BCUT2D eigenvalue weighted by atomic mass is 16.2. The summed E-state index contributed by atoms with van der Waals surface area (Å²) >= 11 is 0. The maximum Gasteiger partial charge on any atom is 0.275 e. The molecule has 4 rings (SSSR count). The predicted molar refractivity (Wildman–Crippen MR) is 108 cm³/mol.